The maximum atomic E-state index is 9.67. The van der Waals surface area contributed by atoms with Crippen LogP contribution in [-0.2, 0) is 6.54 Å². The Morgan fingerprint density at radius 3 is 2.67 bits per heavy atom. The number of hydrogen-bond donors (Lipinski definition) is 3. The minimum Gasteiger partial charge on any atom is -0.508 e. The Morgan fingerprint density at radius 1 is 1.17 bits per heavy atom. The van der Waals surface area contributed by atoms with Crippen LogP contribution in [0.5, 0.6) is 11.5 Å². The molecule has 0 aliphatic carbocycles. The average molecular weight is 264 g/mol. The molecular formula is C14H14ClNO2. The zero-order valence-electron chi connectivity index (χ0n) is 9.94. The van der Waals surface area contributed by atoms with E-state index >= 15 is 0 Å². The lowest BCUT2D eigenvalue weighted by atomic mass is 10.1. The molecule has 0 aliphatic rings. The molecular weight excluding hydrogens is 250 g/mol. The third-order valence-corrected chi connectivity index (χ3v) is 3.22. The normalized spacial score (nSPS) is 10.3. The average Bonchev–Trinajstić information content (AvgIpc) is 2.33. The molecule has 2 rings (SSSR count). The van der Waals surface area contributed by atoms with Gasteiger partial charge in [-0.25, -0.2) is 0 Å². The van der Waals surface area contributed by atoms with Gasteiger partial charge in [0.15, 0.2) is 0 Å². The van der Waals surface area contributed by atoms with E-state index in [-0.39, 0.29) is 11.5 Å². The minimum absolute atomic E-state index is 0.0511. The number of hydrogen-bond acceptors (Lipinski definition) is 3. The smallest absolute Gasteiger partial charge is 0.124 e. The van der Waals surface area contributed by atoms with Crippen LogP contribution in [0.25, 0.3) is 0 Å². The van der Waals surface area contributed by atoms with E-state index < -0.39 is 0 Å². The monoisotopic (exact) mass is 263 g/mol. The van der Waals surface area contributed by atoms with Crippen molar-refractivity contribution in [3.63, 3.8) is 0 Å². The largest absolute Gasteiger partial charge is 0.508 e. The second-order valence-electron chi connectivity index (χ2n) is 4.08. The minimum atomic E-state index is 0.0511. The Balaban J connectivity index is 2.14. The zero-order valence-corrected chi connectivity index (χ0v) is 10.7. The Morgan fingerprint density at radius 2 is 1.94 bits per heavy atom. The molecule has 0 spiro atoms. The molecule has 0 fully saturated rings. The van der Waals surface area contributed by atoms with Crippen LogP contribution in [0, 0.1) is 6.92 Å². The molecule has 0 unspecified atom stereocenters. The summed E-state index contributed by atoms with van der Waals surface area (Å²) in [5.74, 6) is 0.123. The highest BCUT2D eigenvalue weighted by molar-refractivity contribution is 6.31. The van der Waals surface area contributed by atoms with Crippen molar-refractivity contribution < 1.29 is 10.2 Å². The SMILES string of the molecule is Cc1c(Cl)cccc1NCc1ccc(O)cc1O. The molecule has 3 nitrogen and oxygen atoms in total. The van der Waals surface area contributed by atoms with E-state index in [0.717, 1.165) is 11.3 Å². The van der Waals surface area contributed by atoms with Gasteiger partial charge in [-0.1, -0.05) is 17.7 Å². The first-order valence-electron chi connectivity index (χ1n) is 5.58. The molecule has 2 aromatic carbocycles. The fourth-order valence-electron chi connectivity index (χ4n) is 1.69. The summed E-state index contributed by atoms with van der Waals surface area (Å²) in [5.41, 5.74) is 2.61. The summed E-state index contributed by atoms with van der Waals surface area (Å²) < 4.78 is 0. The van der Waals surface area contributed by atoms with Crippen LogP contribution in [0.1, 0.15) is 11.1 Å². The Bertz CT molecular complexity index is 570. The quantitative estimate of drug-likeness (QED) is 0.792. The van der Waals surface area contributed by atoms with Gasteiger partial charge in [0.25, 0.3) is 0 Å². The topological polar surface area (TPSA) is 52.5 Å². The number of phenols is 2. The maximum absolute atomic E-state index is 9.67. The highest BCUT2D eigenvalue weighted by Gasteiger charge is 2.04. The second-order valence-corrected chi connectivity index (χ2v) is 4.49. The number of nitrogens with one attached hydrogen (secondary N) is 1. The van der Waals surface area contributed by atoms with Crippen LogP contribution in [-0.4, -0.2) is 10.2 Å². The number of rotatable bonds is 3. The highest BCUT2D eigenvalue weighted by atomic mass is 35.5. The third-order valence-electron chi connectivity index (χ3n) is 2.81. The van der Waals surface area contributed by atoms with Gasteiger partial charge in [0.2, 0.25) is 0 Å². The lowest BCUT2D eigenvalue weighted by molar-refractivity contribution is 0.446. The van der Waals surface area contributed by atoms with Gasteiger partial charge in [-0.3, -0.25) is 0 Å². The second kappa shape index (κ2) is 5.19. The molecule has 18 heavy (non-hydrogen) atoms. The van der Waals surface area contributed by atoms with Crippen molar-refractivity contribution in [1.29, 1.82) is 0 Å². The van der Waals surface area contributed by atoms with Gasteiger partial charge in [0.1, 0.15) is 11.5 Å². The first-order chi connectivity index (χ1) is 8.58. The highest BCUT2D eigenvalue weighted by Crippen LogP contribution is 2.26. The van der Waals surface area contributed by atoms with Crippen LogP contribution >= 0.6 is 11.6 Å². The van der Waals surface area contributed by atoms with Crippen LogP contribution in [0.4, 0.5) is 5.69 Å². The first-order valence-corrected chi connectivity index (χ1v) is 5.95. The van der Waals surface area contributed by atoms with E-state index in [1.165, 1.54) is 6.07 Å². The molecule has 0 saturated carbocycles. The molecule has 0 saturated heterocycles. The van der Waals surface area contributed by atoms with E-state index in [4.69, 9.17) is 11.6 Å². The van der Waals surface area contributed by atoms with Gasteiger partial charge in [-0.15, -0.1) is 0 Å². The molecule has 0 aromatic heterocycles. The van der Waals surface area contributed by atoms with E-state index in [9.17, 15) is 10.2 Å². The van der Waals surface area contributed by atoms with E-state index in [1.54, 1.807) is 12.1 Å². The molecule has 0 atom stereocenters. The van der Waals surface area contributed by atoms with E-state index in [1.807, 2.05) is 25.1 Å². The molecule has 0 radical (unpaired) electrons. The Labute approximate surface area is 111 Å². The van der Waals surface area contributed by atoms with Crippen molar-refractivity contribution in [2.24, 2.45) is 0 Å². The lowest BCUT2D eigenvalue weighted by Crippen LogP contribution is -2.01. The molecule has 3 N–H and O–H groups in total. The number of aromatic hydroxyl groups is 2. The Kier molecular flexibility index (Phi) is 3.63. The third kappa shape index (κ3) is 2.68. The summed E-state index contributed by atoms with van der Waals surface area (Å²) in [6.45, 7) is 2.40. The van der Waals surface area contributed by atoms with Gasteiger partial charge in [-0.05, 0) is 36.8 Å². The summed E-state index contributed by atoms with van der Waals surface area (Å²) in [6.07, 6.45) is 0. The zero-order chi connectivity index (χ0) is 13.1. The molecule has 0 bridgehead atoms. The van der Waals surface area contributed by atoms with Gasteiger partial charge < -0.3 is 15.5 Å². The maximum Gasteiger partial charge on any atom is 0.124 e. The molecule has 94 valence electrons. The first kappa shape index (κ1) is 12.6. The van der Waals surface area contributed by atoms with Crippen molar-refractivity contribution in [2.45, 2.75) is 13.5 Å². The standard InChI is InChI=1S/C14H14ClNO2/c1-9-12(15)3-2-4-13(9)16-8-10-5-6-11(17)7-14(10)18/h2-7,16-18H,8H2,1H3. The fourth-order valence-corrected chi connectivity index (χ4v) is 1.87. The van der Waals surface area contributed by atoms with Crippen LogP contribution in [0.3, 0.4) is 0 Å². The predicted molar refractivity (Wildman–Crippen MR) is 73.3 cm³/mol. The van der Waals surface area contributed by atoms with Crippen LogP contribution in [0.2, 0.25) is 5.02 Å². The number of benzene rings is 2. The summed E-state index contributed by atoms with van der Waals surface area (Å²) in [5, 5.41) is 22.8. The number of phenolic OH excluding ortho intramolecular Hbond substituents is 2. The van der Waals surface area contributed by atoms with Crippen LogP contribution < -0.4 is 5.32 Å². The van der Waals surface area contributed by atoms with Crippen molar-refractivity contribution in [2.75, 3.05) is 5.32 Å². The van der Waals surface area contributed by atoms with Crippen LogP contribution in [0.15, 0.2) is 36.4 Å². The molecule has 0 amide bonds. The lowest BCUT2D eigenvalue weighted by Gasteiger charge is -2.11. The van der Waals surface area contributed by atoms with Crippen molar-refractivity contribution in [3.8, 4) is 11.5 Å². The number of anilines is 1. The van der Waals surface area contributed by atoms with Crippen molar-refractivity contribution in [3.05, 3.63) is 52.5 Å². The Hall–Kier alpha value is -1.87. The predicted octanol–water partition coefficient (Wildman–Crippen LogP) is 3.67. The van der Waals surface area contributed by atoms with Gasteiger partial charge in [0, 0.05) is 28.9 Å². The molecule has 0 aliphatic heterocycles. The van der Waals surface area contributed by atoms with Gasteiger partial charge >= 0.3 is 0 Å². The van der Waals surface area contributed by atoms with Gasteiger partial charge in [0.05, 0.1) is 0 Å². The number of halogens is 1. The summed E-state index contributed by atoms with van der Waals surface area (Å²) in [4.78, 5) is 0. The molecule has 4 heteroatoms. The summed E-state index contributed by atoms with van der Waals surface area (Å²) in [7, 11) is 0. The van der Waals surface area contributed by atoms with E-state index in [2.05, 4.69) is 5.32 Å². The summed E-state index contributed by atoms with van der Waals surface area (Å²) in [6, 6.07) is 10.2. The molecule has 0 heterocycles. The van der Waals surface area contributed by atoms with E-state index in [0.29, 0.717) is 17.1 Å². The molecule has 2 aromatic rings. The van der Waals surface area contributed by atoms with Gasteiger partial charge in [-0.2, -0.15) is 0 Å². The van der Waals surface area contributed by atoms with Crippen molar-refractivity contribution >= 4 is 17.3 Å². The fraction of sp³-hybridized carbons (Fsp3) is 0.143. The van der Waals surface area contributed by atoms with Crippen molar-refractivity contribution in [1.82, 2.24) is 0 Å². The summed E-state index contributed by atoms with van der Waals surface area (Å²) >= 11 is 6.03.